The van der Waals surface area contributed by atoms with E-state index in [4.69, 9.17) is 10.00 Å². The van der Waals surface area contributed by atoms with E-state index in [1.54, 1.807) is 12.1 Å². The van der Waals surface area contributed by atoms with Gasteiger partial charge in [-0.3, -0.25) is 5.10 Å². The average molecular weight is 265 g/mol. The van der Waals surface area contributed by atoms with Crippen LogP contribution in [0.15, 0.2) is 24.3 Å². The van der Waals surface area contributed by atoms with Crippen molar-refractivity contribution in [1.82, 2.24) is 10.2 Å². The fraction of sp³-hybridized carbons (Fsp3) is 0.375. The molecule has 2 aliphatic rings. The molecule has 4 nitrogen and oxygen atoms in total. The lowest BCUT2D eigenvalue weighted by atomic mass is 10.2. The summed E-state index contributed by atoms with van der Waals surface area (Å²) in [6, 6.07) is 9.37. The Bertz CT molecular complexity index is 643. The van der Waals surface area contributed by atoms with Crippen molar-refractivity contribution in [2.75, 3.05) is 0 Å². The molecular formula is C16H15N3O. The fourth-order valence-electron chi connectivity index (χ4n) is 2.46. The van der Waals surface area contributed by atoms with Crippen LogP contribution in [0.3, 0.4) is 0 Å². The van der Waals surface area contributed by atoms with E-state index >= 15 is 0 Å². The number of aromatic nitrogens is 2. The third-order valence-electron chi connectivity index (χ3n) is 3.93. The van der Waals surface area contributed by atoms with Crippen molar-refractivity contribution in [2.45, 2.75) is 37.5 Å². The van der Waals surface area contributed by atoms with Crippen molar-refractivity contribution in [1.29, 1.82) is 5.26 Å². The van der Waals surface area contributed by atoms with E-state index in [0.717, 1.165) is 22.9 Å². The van der Waals surface area contributed by atoms with Crippen molar-refractivity contribution in [2.24, 2.45) is 0 Å². The largest absolute Gasteiger partial charge is 0.453 e. The molecule has 0 saturated heterocycles. The Kier molecular flexibility index (Phi) is 2.53. The van der Waals surface area contributed by atoms with Crippen LogP contribution in [-0.2, 0) is 0 Å². The highest BCUT2D eigenvalue weighted by Crippen LogP contribution is 2.50. The first-order valence-corrected chi connectivity index (χ1v) is 7.11. The van der Waals surface area contributed by atoms with Crippen LogP contribution in [0.4, 0.5) is 0 Å². The summed E-state index contributed by atoms with van der Waals surface area (Å²) in [5, 5.41) is 16.5. The number of hydrogen-bond donors (Lipinski definition) is 1. The first-order valence-electron chi connectivity index (χ1n) is 7.11. The van der Waals surface area contributed by atoms with E-state index in [-0.39, 0.29) is 0 Å². The van der Waals surface area contributed by atoms with Crippen molar-refractivity contribution in [3.05, 3.63) is 41.2 Å². The molecule has 0 bridgehead atoms. The van der Waals surface area contributed by atoms with E-state index in [9.17, 15) is 0 Å². The second-order valence-corrected chi connectivity index (χ2v) is 5.64. The summed E-state index contributed by atoms with van der Waals surface area (Å²) in [4.78, 5) is 0. The molecule has 0 atom stereocenters. The zero-order valence-electron chi connectivity index (χ0n) is 11.1. The van der Waals surface area contributed by atoms with Crippen molar-refractivity contribution >= 4 is 0 Å². The van der Waals surface area contributed by atoms with E-state index < -0.39 is 0 Å². The molecule has 2 aliphatic carbocycles. The average Bonchev–Trinajstić information content (AvgIpc) is 3.39. The third kappa shape index (κ3) is 2.05. The van der Waals surface area contributed by atoms with E-state index in [0.29, 0.717) is 17.4 Å². The fourth-order valence-corrected chi connectivity index (χ4v) is 2.46. The molecular weight excluding hydrogens is 250 g/mol. The van der Waals surface area contributed by atoms with Gasteiger partial charge in [-0.05, 0) is 49.9 Å². The smallest absolute Gasteiger partial charge is 0.171 e. The van der Waals surface area contributed by atoms with Crippen LogP contribution in [0, 0.1) is 11.3 Å². The number of nitrogens with one attached hydrogen (secondary N) is 1. The molecule has 100 valence electrons. The second-order valence-electron chi connectivity index (χ2n) is 5.64. The Hall–Kier alpha value is -2.28. The summed E-state index contributed by atoms with van der Waals surface area (Å²) < 4.78 is 6.08. The zero-order valence-corrected chi connectivity index (χ0v) is 11.1. The maximum absolute atomic E-state index is 8.83. The summed E-state index contributed by atoms with van der Waals surface area (Å²) in [5.74, 6) is 2.85. The third-order valence-corrected chi connectivity index (χ3v) is 3.93. The van der Waals surface area contributed by atoms with Crippen LogP contribution in [-0.4, -0.2) is 10.2 Å². The van der Waals surface area contributed by atoms with Gasteiger partial charge in [-0.2, -0.15) is 10.4 Å². The molecule has 0 radical (unpaired) electrons. The Morgan fingerprint density at radius 1 is 1.10 bits per heavy atom. The van der Waals surface area contributed by atoms with Gasteiger partial charge in [0, 0.05) is 11.8 Å². The number of ether oxygens (including phenoxy) is 1. The molecule has 0 unspecified atom stereocenters. The van der Waals surface area contributed by atoms with Crippen molar-refractivity contribution in [3.63, 3.8) is 0 Å². The number of H-pyrrole nitrogens is 1. The molecule has 4 heteroatoms. The SMILES string of the molecule is N#Cc1ccc(Oc2c(C3CC3)n[nH]c2C2CC2)cc1. The minimum atomic E-state index is 0.562. The number of rotatable bonds is 4. The summed E-state index contributed by atoms with van der Waals surface area (Å²) in [6.07, 6.45) is 4.85. The van der Waals surface area contributed by atoms with Crippen LogP contribution < -0.4 is 4.74 Å². The molecule has 1 N–H and O–H groups in total. The molecule has 0 spiro atoms. The van der Waals surface area contributed by atoms with Gasteiger partial charge in [0.05, 0.1) is 17.3 Å². The lowest BCUT2D eigenvalue weighted by Gasteiger charge is -2.08. The van der Waals surface area contributed by atoms with E-state index in [1.165, 1.54) is 25.7 Å². The molecule has 0 amide bonds. The number of nitrogens with zero attached hydrogens (tertiary/aromatic N) is 2. The Labute approximate surface area is 117 Å². The minimum Gasteiger partial charge on any atom is -0.453 e. The lowest BCUT2D eigenvalue weighted by Crippen LogP contribution is -1.91. The maximum Gasteiger partial charge on any atom is 0.171 e. The molecule has 2 saturated carbocycles. The van der Waals surface area contributed by atoms with Gasteiger partial charge in [-0.1, -0.05) is 0 Å². The van der Waals surface area contributed by atoms with Crippen molar-refractivity contribution < 1.29 is 4.74 Å². The van der Waals surface area contributed by atoms with Crippen LogP contribution >= 0.6 is 0 Å². The van der Waals surface area contributed by atoms with E-state index in [2.05, 4.69) is 16.3 Å². The summed E-state index contributed by atoms with van der Waals surface area (Å²) in [7, 11) is 0. The first kappa shape index (κ1) is 11.5. The number of nitriles is 1. The van der Waals surface area contributed by atoms with Gasteiger partial charge in [-0.25, -0.2) is 0 Å². The summed E-state index contributed by atoms with van der Waals surface area (Å²) >= 11 is 0. The first-order chi connectivity index (χ1) is 9.85. The molecule has 2 aromatic rings. The normalized spacial score (nSPS) is 17.8. The Balaban J connectivity index is 1.66. The Morgan fingerprint density at radius 3 is 2.40 bits per heavy atom. The van der Waals surface area contributed by atoms with Gasteiger partial charge in [0.2, 0.25) is 0 Å². The van der Waals surface area contributed by atoms with Crippen LogP contribution in [0.1, 0.15) is 54.5 Å². The standard InChI is InChI=1S/C16H15N3O/c17-9-10-1-7-13(8-2-10)20-16-14(11-3-4-11)18-19-15(16)12-5-6-12/h1-2,7-8,11-12H,3-6H2,(H,18,19). The monoisotopic (exact) mass is 265 g/mol. The van der Waals surface area contributed by atoms with Crippen LogP contribution in [0.2, 0.25) is 0 Å². The van der Waals surface area contributed by atoms with Crippen molar-refractivity contribution in [3.8, 4) is 17.6 Å². The van der Waals surface area contributed by atoms with Gasteiger partial charge in [-0.15, -0.1) is 0 Å². The highest BCUT2D eigenvalue weighted by atomic mass is 16.5. The zero-order chi connectivity index (χ0) is 13.5. The lowest BCUT2D eigenvalue weighted by molar-refractivity contribution is 0.470. The summed E-state index contributed by atoms with van der Waals surface area (Å²) in [5.41, 5.74) is 2.88. The topological polar surface area (TPSA) is 61.7 Å². The van der Waals surface area contributed by atoms with Crippen LogP contribution in [0.5, 0.6) is 11.5 Å². The molecule has 1 aromatic carbocycles. The molecule has 1 heterocycles. The van der Waals surface area contributed by atoms with Gasteiger partial charge in [0.25, 0.3) is 0 Å². The van der Waals surface area contributed by atoms with Gasteiger partial charge in [0.15, 0.2) is 5.75 Å². The maximum atomic E-state index is 8.83. The molecule has 20 heavy (non-hydrogen) atoms. The number of benzene rings is 1. The molecule has 1 aromatic heterocycles. The van der Waals surface area contributed by atoms with Gasteiger partial charge < -0.3 is 4.74 Å². The highest BCUT2D eigenvalue weighted by Gasteiger charge is 2.36. The predicted octanol–water partition coefficient (Wildman–Crippen LogP) is 3.83. The number of hydrogen-bond acceptors (Lipinski definition) is 3. The summed E-state index contributed by atoms with van der Waals surface area (Å²) in [6.45, 7) is 0. The van der Waals surface area contributed by atoms with Gasteiger partial charge in [0.1, 0.15) is 11.4 Å². The Morgan fingerprint density at radius 2 is 1.80 bits per heavy atom. The molecule has 2 fully saturated rings. The minimum absolute atomic E-state index is 0.562. The predicted molar refractivity (Wildman–Crippen MR) is 73.8 cm³/mol. The van der Waals surface area contributed by atoms with Gasteiger partial charge >= 0.3 is 0 Å². The van der Waals surface area contributed by atoms with E-state index in [1.807, 2.05) is 12.1 Å². The molecule has 0 aliphatic heterocycles. The second kappa shape index (κ2) is 4.38. The number of aromatic amines is 1. The highest BCUT2D eigenvalue weighted by molar-refractivity contribution is 5.45. The molecule has 4 rings (SSSR count). The quantitative estimate of drug-likeness (QED) is 0.913. The van der Waals surface area contributed by atoms with Crippen LogP contribution in [0.25, 0.3) is 0 Å².